The van der Waals surface area contributed by atoms with Gasteiger partial charge in [0, 0.05) is 18.8 Å². The van der Waals surface area contributed by atoms with Crippen LogP contribution in [0.25, 0.3) is 0 Å². The maximum absolute atomic E-state index is 11.7. The van der Waals surface area contributed by atoms with Crippen molar-refractivity contribution in [3.8, 4) is 12.3 Å². The Bertz CT molecular complexity index is 224. The van der Waals surface area contributed by atoms with Gasteiger partial charge in [-0.2, -0.15) is 0 Å². The predicted molar refractivity (Wildman–Crippen MR) is 58.8 cm³/mol. The quantitative estimate of drug-likeness (QED) is 0.625. The summed E-state index contributed by atoms with van der Waals surface area (Å²) in [6.45, 7) is 2.22. The van der Waals surface area contributed by atoms with Crippen LogP contribution in [0.3, 0.4) is 0 Å². The second kappa shape index (κ2) is 5.86. The van der Waals surface area contributed by atoms with E-state index in [4.69, 9.17) is 6.42 Å². The molecule has 0 aromatic rings. The molecule has 78 valence electrons. The van der Waals surface area contributed by atoms with Crippen molar-refractivity contribution in [2.75, 3.05) is 0 Å². The van der Waals surface area contributed by atoms with Crippen molar-refractivity contribution < 1.29 is 4.79 Å². The van der Waals surface area contributed by atoms with Crippen LogP contribution in [0.1, 0.15) is 51.9 Å². The van der Waals surface area contributed by atoms with Crippen LogP contribution in [0, 0.1) is 24.2 Å². The fraction of sp³-hybridized carbons (Fsp3) is 0.769. The minimum atomic E-state index is 0.321. The first kappa shape index (κ1) is 11.3. The molecule has 1 aliphatic carbocycles. The van der Waals surface area contributed by atoms with Gasteiger partial charge in [-0.25, -0.2) is 0 Å². The number of carbonyl (C=O) groups excluding carboxylic acids is 1. The smallest absolute Gasteiger partial charge is 0.136 e. The van der Waals surface area contributed by atoms with E-state index in [9.17, 15) is 4.79 Å². The van der Waals surface area contributed by atoms with Crippen LogP contribution in [0.4, 0.5) is 0 Å². The summed E-state index contributed by atoms with van der Waals surface area (Å²) in [5, 5.41) is 0. The molecule has 0 aliphatic heterocycles. The largest absolute Gasteiger partial charge is 0.299 e. The van der Waals surface area contributed by atoms with Crippen LogP contribution in [0.2, 0.25) is 0 Å². The maximum Gasteiger partial charge on any atom is 0.136 e. The van der Waals surface area contributed by atoms with E-state index in [0.717, 1.165) is 18.8 Å². The molecule has 0 bridgehead atoms. The Morgan fingerprint density at radius 3 is 2.93 bits per heavy atom. The van der Waals surface area contributed by atoms with E-state index < -0.39 is 0 Å². The van der Waals surface area contributed by atoms with Crippen LogP contribution in [-0.2, 0) is 4.79 Å². The first-order valence-electron chi connectivity index (χ1n) is 5.74. The average molecular weight is 192 g/mol. The monoisotopic (exact) mass is 192 g/mol. The first-order chi connectivity index (χ1) is 6.77. The van der Waals surface area contributed by atoms with Gasteiger partial charge in [0.25, 0.3) is 0 Å². The van der Waals surface area contributed by atoms with Crippen molar-refractivity contribution >= 4 is 5.78 Å². The summed E-state index contributed by atoms with van der Waals surface area (Å²) >= 11 is 0. The molecule has 0 amide bonds. The second-order valence-electron chi connectivity index (χ2n) is 4.31. The molecule has 0 aromatic carbocycles. The molecule has 1 nitrogen and oxygen atoms in total. The molecule has 0 spiro atoms. The molecule has 1 aliphatic rings. The Morgan fingerprint density at radius 1 is 1.50 bits per heavy atom. The summed E-state index contributed by atoms with van der Waals surface area (Å²) in [7, 11) is 0. The molecule has 0 aromatic heterocycles. The maximum atomic E-state index is 11.7. The third kappa shape index (κ3) is 3.18. The number of ketones is 1. The summed E-state index contributed by atoms with van der Waals surface area (Å²) in [4.78, 5) is 11.7. The van der Waals surface area contributed by atoms with Crippen molar-refractivity contribution in [1.82, 2.24) is 0 Å². The predicted octanol–water partition coefficient (Wildman–Crippen LogP) is 3.19. The van der Waals surface area contributed by atoms with E-state index in [1.807, 2.05) is 0 Å². The normalized spacial score (nSPS) is 26.9. The zero-order valence-corrected chi connectivity index (χ0v) is 9.09. The zero-order valence-electron chi connectivity index (χ0n) is 9.09. The summed E-state index contributed by atoms with van der Waals surface area (Å²) in [6.07, 6.45) is 12.3. The zero-order chi connectivity index (χ0) is 10.4. The third-order valence-electron chi connectivity index (χ3n) is 3.33. The Kier molecular flexibility index (Phi) is 4.73. The summed E-state index contributed by atoms with van der Waals surface area (Å²) < 4.78 is 0. The highest BCUT2D eigenvalue weighted by atomic mass is 16.1. The first-order valence-corrected chi connectivity index (χ1v) is 5.74. The van der Waals surface area contributed by atoms with Crippen molar-refractivity contribution in [3.05, 3.63) is 0 Å². The summed E-state index contributed by atoms with van der Waals surface area (Å²) in [5.41, 5.74) is 0. The van der Waals surface area contributed by atoms with Gasteiger partial charge in [0.05, 0.1) is 0 Å². The number of hydrogen-bond donors (Lipinski definition) is 0. The molecular formula is C13H20O. The van der Waals surface area contributed by atoms with E-state index >= 15 is 0 Å². The van der Waals surface area contributed by atoms with Gasteiger partial charge in [0.15, 0.2) is 0 Å². The molecule has 0 N–H and O–H groups in total. The molecule has 1 saturated carbocycles. The van der Waals surface area contributed by atoms with Gasteiger partial charge in [-0.1, -0.05) is 26.2 Å². The average Bonchev–Trinajstić information content (AvgIpc) is 2.26. The number of Topliss-reactive ketones (excluding diaryl/α,β-unsaturated/α-hetero) is 1. The van der Waals surface area contributed by atoms with Crippen molar-refractivity contribution in [2.45, 2.75) is 51.9 Å². The van der Waals surface area contributed by atoms with Gasteiger partial charge >= 0.3 is 0 Å². The number of hydrogen-bond acceptors (Lipinski definition) is 1. The van der Waals surface area contributed by atoms with Crippen LogP contribution in [0.15, 0.2) is 0 Å². The Balaban J connectivity index is 2.36. The molecule has 1 rings (SSSR count). The van der Waals surface area contributed by atoms with E-state index in [1.165, 1.54) is 19.3 Å². The lowest BCUT2D eigenvalue weighted by atomic mass is 9.77. The van der Waals surface area contributed by atoms with Crippen LogP contribution >= 0.6 is 0 Å². The molecule has 0 saturated heterocycles. The van der Waals surface area contributed by atoms with Gasteiger partial charge in [-0.15, -0.1) is 12.3 Å². The third-order valence-corrected chi connectivity index (χ3v) is 3.33. The highest BCUT2D eigenvalue weighted by Crippen LogP contribution is 2.32. The lowest BCUT2D eigenvalue weighted by Crippen LogP contribution is -2.22. The SMILES string of the molecule is C#CCCC(=O)C1CCCC(CC)C1. The van der Waals surface area contributed by atoms with Crippen molar-refractivity contribution in [1.29, 1.82) is 0 Å². The molecular weight excluding hydrogens is 172 g/mol. The molecule has 2 atom stereocenters. The van der Waals surface area contributed by atoms with Crippen molar-refractivity contribution in [2.24, 2.45) is 11.8 Å². The van der Waals surface area contributed by atoms with Gasteiger partial charge in [-0.3, -0.25) is 4.79 Å². The fourth-order valence-electron chi connectivity index (χ4n) is 2.35. The molecule has 14 heavy (non-hydrogen) atoms. The highest BCUT2D eigenvalue weighted by Gasteiger charge is 2.25. The number of carbonyl (C=O) groups is 1. The van der Waals surface area contributed by atoms with Crippen LogP contribution < -0.4 is 0 Å². The highest BCUT2D eigenvalue weighted by molar-refractivity contribution is 5.81. The Morgan fingerprint density at radius 2 is 2.29 bits per heavy atom. The number of rotatable bonds is 4. The van der Waals surface area contributed by atoms with Gasteiger partial charge < -0.3 is 0 Å². The minimum Gasteiger partial charge on any atom is -0.299 e. The lowest BCUT2D eigenvalue weighted by molar-refractivity contribution is -0.124. The Labute approximate surface area is 87.3 Å². The topological polar surface area (TPSA) is 17.1 Å². The number of terminal acetylenes is 1. The van der Waals surface area contributed by atoms with E-state index in [-0.39, 0.29) is 0 Å². The lowest BCUT2D eigenvalue weighted by Gasteiger charge is -2.27. The molecule has 0 heterocycles. The van der Waals surface area contributed by atoms with Crippen LogP contribution in [0.5, 0.6) is 0 Å². The summed E-state index contributed by atoms with van der Waals surface area (Å²) in [6, 6.07) is 0. The van der Waals surface area contributed by atoms with Crippen LogP contribution in [-0.4, -0.2) is 5.78 Å². The second-order valence-corrected chi connectivity index (χ2v) is 4.31. The molecule has 2 unspecified atom stereocenters. The molecule has 1 heteroatoms. The van der Waals surface area contributed by atoms with E-state index in [2.05, 4.69) is 12.8 Å². The van der Waals surface area contributed by atoms with Crippen molar-refractivity contribution in [3.63, 3.8) is 0 Å². The van der Waals surface area contributed by atoms with Gasteiger partial charge in [0.2, 0.25) is 0 Å². The van der Waals surface area contributed by atoms with E-state index in [0.29, 0.717) is 24.5 Å². The summed E-state index contributed by atoms with van der Waals surface area (Å²) in [5.74, 6) is 4.05. The van der Waals surface area contributed by atoms with Gasteiger partial charge in [-0.05, 0) is 18.8 Å². The van der Waals surface area contributed by atoms with Gasteiger partial charge in [0.1, 0.15) is 5.78 Å². The fourth-order valence-corrected chi connectivity index (χ4v) is 2.35. The molecule has 1 fully saturated rings. The Hall–Kier alpha value is -0.770. The standard InChI is InChI=1S/C13H20O/c1-3-5-9-13(14)12-8-6-7-11(4-2)10-12/h1,11-12H,4-10H2,2H3. The minimum absolute atomic E-state index is 0.321. The molecule has 0 radical (unpaired) electrons. The van der Waals surface area contributed by atoms with E-state index in [1.54, 1.807) is 0 Å².